The number of nitrogens with zero attached hydrogens (tertiary/aromatic N) is 2. The minimum atomic E-state index is -1.27. The lowest BCUT2D eigenvalue weighted by molar-refractivity contribution is -0.131. The Bertz CT molecular complexity index is 530. The second-order valence-electron chi connectivity index (χ2n) is 6.50. The molecule has 0 aromatic heterocycles. The molecule has 0 spiro atoms. The van der Waals surface area contributed by atoms with Crippen molar-refractivity contribution in [3.05, 3.63) is 36.4 Å². The number of unbranched alkanes of at least 4 members (excludes halogenated alkanes) is 1. The molecule has 1 saturated heterocycles. The van der Waals surface area contributed by atoms with Crippen LogP contribution >= 0.6 is 0 Å². The van der Waals surface area contributed by atoms with Crippen LogP contribution in [0.3, 0.4) is 0 Å². The van der Waals surface area contributed by atoms with Crippen molar-refractivity contribution in [1.29, 1.82) is 0 Å². The van der Waals surface area contributed by atoms with Crippen LogP contribution in [0.2, 0.25) is 0 Å². The average Bonchev–Trinajstić information content (AvgIpc) is 3.01. The van der Waals surface area contributed by atoms with Crippen LogP contribution in [-0.4, -0.2) is 83.7 Å². The summed E-state index contributed by atoms with van der Waals surface area (Å²) in [6, 6.07) is 12.0. The molecule has 1 fully saturated rings. The van der Waals surface area contributed by atoms with Gasteiger partial charge in [0.1, 0.15) is 0 Å². The summed E-state index contributed by atoms with van der Waals surface area (Å²) in [6.45, 7) is 6.51. The van der Waals surface area contributed by atoms with Crippen molar-refractivity contribution < 1.29 is 24.6 Å². The van der Waals surface area contributed by atoms with Crippen molar-refractivity contribution in [2.75, 3.05) is 39.3 Å². The molecule has 3 amide bonds. The first kappa shape index (κ1) is 26.6. The van der Waals surface area contributed by atoms with Crippen LogP contribution in [0.25, 0.3) is 0 Å². The van der Waals surface area contributed by atoms with Crippen molar-refractivity contribution in [3.63, 3.8) is 0 Å². The van der Waals surface area contributed by atoms with E-state index in [1.54, 1.807) is 16.7 Å². The maximum Gasteiger partial charge on any atom is 0.251 e. The van der Waals surface area contributed by atoms with E-state index in [0.29, 0.717) is 19.6 Å². The Morgan fingerprint density at radius 1 is 1.07 bits per heavy atom. The number of aliphatic hydroxyl groups excluding tert-OH is 2. The van der Waals surface area contributed by atoms with E-state index in [1.165, 1.54) is 0 Å². The zero-order chi connectivity index (χ0) is 21.9. The number of nitrogens with one attached hydrogen (secondary N) is 1. The molecule has 8 heteroatoms. The smallest absolute Gasteiger partial charge is 0.251 e. The fraction of sp³-hybridized carbons (Fsp3) is 0.571. The Balaban J connectivity index is 0.000000426. The van der Waals surface area contributed by atoms with Gasteiger partial charge in [-0.1, -0.05) is 49.7 Å². The number of aliphatic hydroxyl groups is 2. The SMILES string of the molecule is CC(=O)N1CCCN(C=O)CC1.CCCCNC(=O)C(O)CO.c1ccccc1. The van der Waals surface area contributed by atoms with Gasteiger partial charge >= 0.3 is 0 Å². The van der Waals surface area contributed by atoms with E-state index in [9.17, 15) is 14.4 Å². The zero-order valence-electron chi connectivity index (χ0n) is 17.5. The van der Waals surface area contributed by atoms with Crippen molar-refractivity contribution >= 4 is 18.2 Å². The highest BCUT2D eigenvalue weighted by atomic mass is 16.3. The van der Waals surface area contributed by atoms with Crippen LogP contribution in [0.1, 0.15) is 33.1 Å². The summed E-state index contributed by atoms with van der Waals surface area (Å²) in [6.07, 6.45) is 2.35. The maximum atomic E-state index is 11.0. The van der Waals surface area contributed by atoms with Gasteiger partial charge in [-0.05, 0) is 12.8 Å². The molecule has 2 rings (SSSR count). The predicted octanol–water partition coefficient (Wildman–Crippen LogP) is 0.640. The molecule has 0 saturated carbocycles. The van der Waals surface area contributed by atoms with Crippen LogP contribution in [0, 0.1) is 0 Å². The molecule has 1 heterocycles. The highest BCUT2D eigenvalue weighted by Gasteiger charge is 2.14. The van der Waals surface area contributed by atoms with Gasteiger partial charge in [0.05, 0.1) is 6.61 Å². The van der Waals surface area contributed by atoms with Gasteiger partial charge in [0.15, 0.2) is 6.10 Å². The van der Waals surface area contributed by atoms with E-state index in [2.05, 4.69) is 5.32 Å². The van der Waals surface area contributed by atoms with E-state index in [0.717, 1.165) is 38.8 Å². The third-order valence-corrected chi connectivity index (χ3v) is 4.10. The fourth-order valence-corrected chi connectivity index (χ4v) is 2.33. The lowest BCUT2D eigenvalue weighted by atomic mass is 10.3. The standard InChI is InChI=1S/C8H14N2O2.C7H15NO3.C6H6/c1-8(12)10-4-2-3-9(7-11)5-6-10;1-2-3-4-8-7(11)6(10)5-9;1-2-4-6-5-3-1/h7H,2-6H2,1H3;6,9-10H,2-5H2,1H3,(H,8,11);1-6H. The minimum Gasteiger partial charge on any atom is -0.393 e. The normalized spacial score (nSPS) is 14.2. The molecule has 1 atom stereocenters. The molecule has 164 valence electrons. The van der Waals surface area contributed by atoms with Gasteiger partial charge in [-0.3, -0.25) is 14.4 Å². The van der Waals surface area contributed by atoms with Crippen LogP contribution < -0.4 is 5.32 Å². The molecule has 1 aliphatic rings. The average molecular weight is 410 g/mol. The van der Waals surface area contributed by atoms with Crippen molar-refractivity contribution in [3.8, 4) is 0 Å². The van der Waals surface area contributed by atoms with E-state index in [1.807, 2.05) is 43.3 Å². The Morgan fingerprint density at radius 3 is 2.10 bits per heavy atom. The number of carbonyl (C=O) groups excluding carboxylic acids is 3. The Kier molecular flexibility index (Phi) is 16.1. The summed E-state index contributed by atoms with van der Waals surface area (Å²) in [5.74, 6) is -0.399. The van der Waals surface area contributed by atoms with E-state index in [4.69, 9.17) is 10.2 Å². The summed E-state index contributed by atoms with van der Waals surface area (Å²) in [4.78, 5) is 35.6. The Labute approximate surface area is 173 Å². The first-order valence-corrected chi connectivity index (χ1v) is 9.97. The second kappa shape index (κ2) is 17.6. The third kappa shape index (κ3) is 14.2. The number of hydrogen-bond acceptors (Lipinski definition) is 5. The quantitative estimate of drug-likeness (QED) is 0.472. The predicted molar refractivity (Wildman–Crippen MR) is 112 cm³/mol. The van der Waals surface area contributed by atoms with Crippen LogP contribution in [0.5, 0.6) is 0 Å². The number of hydrogen-bond donors (Lipinski definition) is 3. The number of benzene rings is 1. The summed E-state index contributed by atoms with van der Waals surface area (Å²) in [5.41, 5.74) is 0. The van der Waals surface area contributed by atoms with Gasteiger partial charge in [-0.2, -0.15) is 0 Å². The van der Waals surface area contributed by atoms with E-state index >= 15 is 0 Å². The lowest BCUT2D eigenvalue weighted by Crippen LogP contribution is -2.37. The monoisotopic (exact) mass is 409 g/mol. The van der Waals surface area contributed by atoms with Crippen molar-refractivity contribution in [2.24, 2.45) is 0 Å². The Hall–Kier alpha value is -2.45. The zero-order valence-corrected chi connectivity index (χ0v) is 17.5. The fourth-order valence-electron chi connectivity index (χ4n) is 2.33. The van der Waals surface area contributed by atoms with Gasteiger partial charge in [-0.15, -0.1) is 0 Å². The number of rotatable bonds is 6. The highest BCUT2D eigenvalue weighted by Crippen LogP contribution is 2.00. The first-order valence-electron chi connectivity index (χ1n) is 9.97. The molecule has 1 aliphatic heterocycles. The molecule has 8 nitrogen and oxygen atoms in total. The van der Waals surface area contributed by atoms with Gasteiger partial charge in [0.25, 0.3) is 5.91 Å². The van der Waals surface area contributed by atoms with E-state index < -0.39 is 18.6 Å². The van der Waals surface area contributed by atoms with Crippen LogP contribution in [0.4, 0.5) is 0 Å². The number of carbonyl (C=O) groups is 3. The molecule has 3 N–H and O–H groups in total. The summed E-state index contributed by atoms with van der Waals surface area (Å²) >= 11 is 0. The van der Waals surface area contributed by atoms with Crippen LogP contribution in [0.15, 0.2) is 36.4 Å². The molecule has 0 aliphatic carbocycles. The summed E-state index contributed by atoms with van der Waals surface area (Å²) in [7, 11) is 0. The largest absolute Gasteiger partial charge is 0.393 e. The van der Waals surface area contributed by atoms with Gasteiger partial charge < -0.3 is 25.3 Å². The highest BCUT2D eigenvalue weighted by molar-refractivity contribution is 5.80. The lowest BCUT2D eigenvalue weighted by Gasteiger charge is -2.17. The summed E-state index contributed by atoms with van der Waals surface area (Å²) in [5, 5.41) is 19.6. The molecule has 0 radical (unpaired) electrons. The molecule has 1 unspecified atom stereocenters. The minimum absolute atomic E-state index is 0.0998. The molecular formula is C21H35N3O5. The molecular weight excluding hydrogens is 374 g/mol. The molecule has 29 heavy (non-hydrogen) atoms. The second-order valence-corrected chi connectivity index (χ2v) is 6.50. The first-order chi connectivity index (χ1) is 14.0. The van der Waals surface area contributed by atoms with Crippen molar-refractivity contribution in [1.82, 2.24) is 15.1 Å². The third-order valence-electron chi connectivity index (χ3n) is 4.10. The van der Waals surface area contributed by atoms with Crippen molar-refractivity contribution in [2.45, 2.75) is 39.2 Å². The summed E-state index contributed by atoms with van der Waals surface area (Å²) < 4.78 is 0. The van der Waals surface area contributed by atoms with Gasteiger partial charge in [0.2, 0.25) is 12.3 Å². The van der Waals surface area contributed by atoms with Crippen LogP contribution in [-0.2, 0) is 14.4 Å². The van der Waals surface area contributed by atoms with Gasteiger partial charge in [0, 0.05) is 39.6 Å². The van der Waals surface area contributed by atoms with Gasteiger partial charge in [-0.25, -0.2) is 0 Å². The maximum absolute atomic E-state index is 11.0. The van der Waals surface area contributed by atoms with E-state index in [-0.39, 0.29) is 5.91 Å². The molecule has 1 aromatic carbocycles. The topological polar surface area (TPSA) is 110 Å². The number of amides is 3. The Morgan fingerprint density at radius 2 is 1.66 bits per heavy atom. The molecule has 0 bridgehead atoms. The molecule has 1 aromatic rings.